The van der Waals surface area contributed by atoms with Crippen LogP contribution in [0.5, 0.6) is 11.5 Å². The zero-order valence-electron chi connectivity index (χ0n) is 7.00. The van der Waals surface area contributed by atoms with Crippen LogP contribution in [0.2, 0.25) is 0 Å². The van der Waals surface area contributed by atoms with Crippen molar-refractivity contribution in [3.8, 4) is 11.5 Å². The predicted molar refractivity (Wildman–Crippen MR) is 51.2 cm³/mol. The molecule has 0 aliphatic carbocycles. The first-order valence-corrected chi connectivity index (χ1v) is 3.84. The molecule has 12 heavy (non-hydrogen) atoms. The van der Waals surface area contributed by atoms with Gasteiger partial charge in [0.15, 0.2) is 0 Å². The zero-order valence-corrected chi connectivity index (χ0v) is 7.89. The molecule has 1 aromatic rings. The predicted octanol–water partition coefficient (Wildman–Crippen LogP) is 1.57. The third-order valence-electron chi connectivity index (χ3n) is 1.53. The van der Waals surface area contributed by atoms with Crippen molar-refractivity contribution in [3.05, 3.63) is 12.1 Å². The summed E-state index contributed by atoms with van der Waals surface area (Å²) in [7, 11) is 3.14. The van der Waals surface area contributed by atoms with Crippen molar-refractivity contribution in [1.82, 2.24) is 0 Å². The van der Waals surface area contributed by atoms with E-state index in [0.29, 0.717) is 22.1 Å². The highest BCUT2D eigenvalue weighted by atomic mass is 32.1. The highest BCUT2D eigenvalue weighted by molar-refractivity contribution is 7.80. The fraction of sp³-hybridized carbons (Fsp3) is 0.250. The zero-order chi connectivity index (χ0) is 9.14. The van der Waals surface area contributed by atoms with E-state index in [9.17, 15) is 0 Å². The van der Waals surface area contributed by atoms with Crippen LogP contribution in [0, 0.1) is 0 Å². The highest BCUT2D eigenvalue weighted by Crippen LogP contribution is 2.32. The Kier molecular flexibility index (Phi) is 2.70. The first-order chi connectivity index (χ1) is 5.69. The van der Waals surface area contributed by atoms with Crippen LogP contribution in [0.3, 0.4) is 0 Å². The van der Waals surface area contributed by atoms with Crippen LogP contribution in [0.15, 0.2) is 17.0 Å². The van der Waals surface area contributed by atoms with Gasteiger partial charge >= 0.3 is 0 Å². The standard InChI is InChI=1S/C8H11NO2S/c1-10-5-3-6(9)8(12)7(4-5)11-2/h3-4,12H,9H2,1-2H3. The number of nitrogens with two attached hydrogens (primary N) is 1. The van der Waals surface area contributed by atoms with Crippen LogP contribution in [0.25, 0.3) is 0 Å². The molecule has 0 atom stereocenters. The second-order valence-electron chi connectivity index (χ2n) is 2.27. The summed E-state index contributed by atoms with van der Waals surface area (Å²) in [5.41, 5.74) is 6.19. The van der Waals surface area contributed by atoms with Crippen molar-refractivity contribution in [1.29, 1.82) is 0 Å². The topological polar surface area (TPSA) is 44.5 Å². The van der Waals surface area contributed by atoms with Gasteiger partial charge in [-0.15, -0.1) is 12.6 Å². The number of rotatable bonds is 2. The fourth-order valence-electron chi connectivity index (χ4n) is 0.877. The van der Waals surface area contributed by atoms with Gasteiger partial charge in [-0.25, -0.2) is 0 Å². The third-order valence-corrected chi connectivity index (χ3v) is 2.01. The first kappa shape index (κ1) is 9.06. The van der Waals surface area contributed by atoms with E-state index in [1.165, 1.54) is 0 Å². The van der Waals surface area contributed by atoms with Crippen molar-refractivity contribution >= 4 is 18.3 Å². The molecule has 2 N–H and O–H groups in total. The summed E-state index contributed by atoms with van der Waals surface area (Å²) in [5, 5.41) is 0. The summed E-state index contributed by atoms with van der Waals surface area (Å²) in [6.45, 7) is 0. The van der Waals surface area contributed by atoms with E-state index in [2.05, 4.69) is 12.6 Å². The van der Waals surface area contributed by atoms with Crippen molar-refractivity contribution in [3.63, 3.8) is 0 Å². The largest absolute Gasteiger partial charge is 0.497 e. The maximum absolute atomic E-state index is 5.64. The maximum Gasteiger partial charge on any atom is 0.137 e. The second kappa shape index (κ2) is 3.58. The van der Waals surface area contributed by atoms with E-state index in [-0.39, 0.29) is 0 Å². The van der Waals surface area contributed by atoms with E-state index in [1.54, 1.807) is 26.4 Å². The highest BCUT2D eigenvalue weighted by Gasteiger charge is 2.05. The minimum Gasteiger partial charge on any atom is -0.497 e. The van der Waals surface area contributed by atoms with Crippen LogP contribution in [0.1, 0.15) is 0 Å². The number of ether oxygens (including phenoxy) is 2. The van der Waals surface area contributed by atoms with E-state index in [1.807, 2.05) is 0 Å². The smallest absolute Gasteiger partial charge is 0.137 e. The van der Waals surface area contributed by atoms with Gasteiger partial charge in [0.05, 0.1) is 24.8 Å². The Balaban J connectivity index is 3.19. The van der Waals surface area contributed by atoms with Gasteiger partial charge in [-0.05, 0) is 0 Å². The number of anilines is 1. The van der Waals surface area contributed by atoms with Gasteiger partial charge in [0.1, 0.15) is 11.5 Å². The van der Waals surface area contributed by atoms with Gasteiger partial charge in [-0.2, -0.15) is 0 Å². The molecule has 0 radical (unpaired) electrons. The van der Waals surface area contributed by atoms with Crippen molar-refractivity contribution in [2.75, 3.05) is 20.0 Å². The van der Waals surface area contributed by atoms with Crippen molar-refractivity contribution < 1.29 is 9.47 Å². The lowest BCUT2D eigenvalue weighted by Gasteiger charge is -2.08. The molecule has 0 aromatic heterocycles. The number of benzene rings is 1. The van der Waals surface area contributed by atoms with Gasteiger partial charge in [0, 0.05) is 12.1 Å². The molecule has 3 nitrogen and oxygen atoms in total. The SMILES string of the molecule is COc1cc(N)c(S)c(OC)c1. The molecular formula is C8H11NO2S. The van der Waals surface area contributed by atoms with Crippen LogP contribution in [-0.2, 0) is 0 Å². The van der Waals surface area contributed by atoms with E-state index >= 15 is 0 Å². The first-order valence-electron chi connectivity index (χ1n) is 3.39. The number of methoxy groups -OCH3 is 2. The Morgan fingerprint density at radius 1 is 1.25 bits per heavy atom. The molecule has 1 aromatic carbocycles. The number of hydrogen-bond donors (Lipinski definition) is 2. The van der Waals surface area contributed by atoms with Crippen LogP contribution < -0.4 is 15.2 Å². The van der Waals surface area contributed by atoms with E-state index < -0.39 is 0 Å². The monoisotopic (exact) mass is 185 g/mol. The molecule has 0 fully saturated rings. The lowest BCUT2D eigenvalue weighted by molar-refractivity contribution is 0.388. The Hall–Kier alpha value is -1.03. The van der Waals surface area contributed by atoms with Crippen LogP contribution in [-0.4, -0.2) is 14.2 Å². The molecule has 0 saturated heterocycles. The van der Waals surface area contributed by atoms with Gasteiger partial charge < -0.3 is 15.2 Å². The molecule has 0 spiro atoms. The Morgan fingerprint density at radius 3 is 2.42 bits per heavy atom. The molecule has 1 rings (SSSR count). The average Bonchev–Trinajstić information content (AvgIpc) is 2.09. The summed E-state index contributed by atoms with van der Waals surface area (Å²) in [6, 6.07) is 3.43. The van der Waals surface area contributed by atoms with Crippen molar-refractivity contribution in [2.24, 2.45) is 0 Å². The molecule has 0 bridgehead atoms. The molecule has 0 unspecified atom stereocenters. The third kappa shape index (κ3) is 1.58. The molecule has 0 heterocycles. The number of nitrogen functional groups attached to an aromatic ring is 1. The molecule has 0 saturated carbocycles. The molecule has 0 amide bonds. The van der Waals surface area contributed by atoms with E-state index in [0.717, 1.165) is 0 Å². The summed E-state index contributed by atoms with van der Waals surface area (Å²) in [4.78, 5) is 0.637. The Morgan fingerprint density at radius 2 is 1.92 bits per heavy atom. The molecule has 4 heteroatoms. The van der Waals surface area contributed by atoms with E-state index in [4.69, 9.17) is 15.2 Å². The summed E-state index contributed by atoms with van der Waals surface area (Å²) in [6.07, 6.45) is 0. The van der Waals surface area contributed by atoms with Crippen molar-refractivity contribution in [2.45, 2.75) is 4.90 Å². The number of thiol groups is 1. The van der Waals surface area contributed by atoms with Crippen LogP contribution in [0.4, 0.5) is 5.69 Å². The Labute approximate surface area is 76.9 Å². The van der Waals surface area contributed by atoms with Gasteiger partial charge in [-0.1, -0.05) is 0 Å². The normalized spacial score (nSPS) is 9.58. The second-order valence-corrected chi connectivity index (χ2v) is 2.71. The summed E-state index contributed by atoms with van der Waals surface area (Å²) >= 11 is 4.17. The molecular weight excluding hydrogens is 174 g/mol. The average molecular weight is 185 g/mol. The van der Waals surface area contributed by atoms with Gasteiger partial charge in [0.2, 0.25) is 0 Å². The fourth-order valence-corrected chi connectivity index (χ4v) is 1.10. The lowest BCUT2D eigenvalue weighted by atomic mass is 10.3. The molecule has 0 aliphatic rings. The van der Waals surface area contributed by atoms with Gasteiger partial charge in [0.25, 0.3) is 0 Å². The lowest BCUT2D eigenvalue weighted by Crippen LogP contribution is -1.93. The minimum atomic E-state index is 0.550. The summed E-state index contributed by atoms with van der Waals surface area (Å²) in [5.74, 6) is 1.29. The molecule has 66 valence electrons. The maximum atomic E-state index is 5.64. The summed E-state index contributed by atoms with van der Waals surface area (Å²) < 4.78 is 10.0. The van der Waals surface area contributed by atoms with Gasteiger partial charge in [-0.3, -0.25) is 0 Å². The Bertz CT molecular complexity index is 289. The number of hydrogen-bond acceptors (Lipinski definition) is 4. The molecule has 0 aliphatic heterocycles. The quantitative estimate of drug-likeness (QED) is 0.543. The minimum absolute atomic E-state index is 0.550. The van der Waals surface area contributed by atoms with Crippen LogP contribution >= 0.6 is 12.6 Å².